The van der Waals surface area contributed by atoms with Gasteiger partial charge in [0.05, 0.1) is 0 Å². The molecule has 2 N–H and O–H groups in total. The average molecular weight is 147 g/mol. The molecule has 0 fully saturated rings. The summed E-state index contributed by atoms with van der Waals surface area (Å²) in [7, 11) is 0. The highest BCUT2D eigenvalue weighted by molar-refractivity contribution is 5.81. The van der Waals surface area contributed by atoms with Crippen LogP contribution in [-0.2, 0) is 9.53 Å². The summed E-state index contributed by atoms with van der Waals surface area (Å²) in [5, 5.41) is 7.88. The zero-order valence-corrected chi connectivity index (χ0v) is 5.59. The van der Waals surface area contributed by atoms with E-state index >= 15 is 0 Å². The van der Waals surface area contributed by atoms with Crippen LogP contribution in [0, 0.1) is 0 Å². The second-order valence-electron chi connectivity index (χ2n) is 1.58. The van der Waals surface area contributed by atoms with Crippen molar-refractivity contribution in [2.45, 2.75) is 13.3 Å². The molecule has 0 radical (unpaired) electrons. The molecule has 10 heavy (non-hydrogen) atoms. The van der Waals surface area contributed by atoms with Crippen LogP contribution in [0.2, 0.25) is 0 Å². The van der Waals surface area contributed by atoms with Gasteiger partial charge < -0.3 is 4.74 Å². The van der Waals surface area contributed by atoms with E-state index in [1.807, 2.05) is 0 Å². The maximum atomic E-state index is 10.4. The molecule has 0 aliphatic heterocycles. The van der Waals surface area contributed by atoms with Gasteiger partial charge in [0.2, 0.25) is 0 Å². The number of ether oxygens (including phenoxy) is 1. The lowest BCUT2D eigenvalue weighted by Gasteiger charge is -1.98. The van der Waals surface area contributed by atoms with Crippen molar-refractivity contribution in [3.05, 3.63) is 0 Å². The molecule has 0 saturated carbocycles. The van der Waals surface area contributed by atoms with E-state index in [2.05, 4.69) is 4.74 Å². The van der Waals surface area contributed by atoms with Gasteiger partial charge in [-0.3, -0.25) is 10.0 Å². The zero-order valence-electron chi connectivity index (χ0n) is 5.59. The molecule has 0 saturated heterocycles. The number of hydrogen-bond acceptors (Lipinski definition) is 4. The smallest absolute Gasteiger partial charge is 0.431 e. The molecule has 0 spiro atoms. The molecule has 0 bridgehead atoms. The quantitative estimate of drug-likeness (QED) is 0.438. The highest BCUT2D eigenvalue weighted by atomic mass is 16.6. The predicted molar refractivity (Wildman–Crippen MR) is 31.6 cm³/mol. The standard InChI is InChI=1S/C5H9NO4/c1-2-4(7)3-10-5(8)6-9/h9H,2-3H2,1H3,(H,6,8). The first-order valence-corrected chi connectivity index (χ1v) is 2.79. The zero-order chi connectivity index (χ0) is 7.98. The van der Waals surface area contributed by atoms with Crippen LogP contribution in [0.15, 0.2) is 0 Å². The fourth-order valence-electron chi connectivity index (χ4n) is 0.280. The minimum atomic E-state index is -1.01. The SMILES string of the molecule is CCC(=O)COC(=O)NO. The van der Waals surface area contributed by atoms with Gasteiger partial charge in [0.25, 0.3) is 0 Å². The first-order chi connectivity index (χ1) is 4.70. The fraction of sp³-hybridized carbons (Fsp3) is 0.600. The molecule has 0 rings (SSSR count). The van der Waals surface area contributed by atoms with E-state index in [-0.39, 0.29) is 12.4 Å². The van der Waals surface area contributed by atoms with Gasteiger partial charge in [-0.1, -0.05) is 6.92 Å². The number of hydrogen-bond donors (Lipinski definition) is 2. The number of rotatable bonds is 3. The van der Waals surface area contributed by atoms with Crippen LogP contribution >= 0.6 is 0 Å². The van der Waals surface area contributed by atoms with Gasteiger partial charge in [-0.2, -0.15) is 0 Å². The van der Waals surface area contributed by atoms with E-state index in [1.165, 1.54) is 5.48 Å². The van der Waals surface area contributed by atoms with Gasteiger partial charge in [-0.05, 0) is 0 Å². The second kappa shape index (κ2) is 4.75. The first-order valence-electron chi connectivity index (χ1n) is 2.79. The second-order valence-corrected chi connectivity index (χ2v) is 1.58. The third-order valence-electron chi connectivity index (χ3n) is 0.850. The summed E-state index contributed by atoms with van der Waals surface area (Å²) in [6.07, 6.45) is -0.694. The van der Waals surface area contributed by atoms with E-state index in [1.54, 1.807) is 6.92 Å². The number of carbonyl (C=O) groups excluding carboxylic acids is 2. The van der Waals surface area contributed by atoms with Gasteiger partial charge in [0.15, 0.2) is 12.4 Å². The number of ketones is 1. The Bertz CT molecular complexity index is 118. The van der Waals surface area contributed by atoms with E-state index in [4.69, 9.17) is 5.21 Å². The lowest BCUT2D eigenvalue weighted by Crippen LogP contribution is -2.22. The molecule has 1 amide bonds. The molecule has 0 atom stereocenters. The fourth-order valence-corrected chi connectivity index (χ4v) is 0.280. The highest BCUT2D eigenvalue weighted by Crippen LogP contribution is 1.82. The van der Waals surface area contributed by atoms with Crippen LogP contribution in [0.5, 0.6) is 0 Å². The van der Waals surface area contributed by atoms with Crippen molar-refractivity contribution in [2.24, 2.45) is 0 Å². The number of nitrogens with one attached hydrogen (secondary N) is 1. The largest absolute Gasteiger partial charge is 0.440 e. The molecular formula is C5H9NO4. The number of amides is 1. The molecule has 0 aromatic heterocycles. The van der Waals surface area contributed by atoms with Crippen molar-refractivity contribution < 1.29 is 19.5 Å². The normalized spacial score (nSPS) is 8.60. The van der Waals surface area contributed by atoms with E-state index in [9.17, 15) is 9.59 Å². The molecular weight excluding hydrogens is 138 g/mol. The van der Waals surface area contributed by atoms with Crippen LogP contribution in [-0.4, -0.2) is 23.7 Å². The lowest BCUT2D eigenvalue weighted by atomic mass is 10.3. The molecule has 5 nitrogen and oxygen atoms in total. The van der Waals surface area contributed by atoms with E-state index in [0.717, 1.165) is 0 Å². The van der Waals surface area contributed by atoms with E-state index < -0.39 is 6.09 Å². The number of Topliss-reactive ketones (excluding diaryl/α,β-unsaturated/α-hetero) is 1. The van der Waals surface area contributed by atoms with Gasteiger partial charge in [-0.25, -0.2) is 10.3 Å². The van der Waals surface area contributed by atoms with Crippen molar-refractivity contribution in [3.8, 4) is 0 Å². The van der Waals surface area contributed by atoms with Gasteiger partial charge >= 0.3 is 6.09 Å². The van der Waals surface area contributed by atoms with Gasteiger partial charge in [0, 0.05) is 6.42 Å². The highest BCUT2D eigenvalue weighted by Gasteiger charge is 2.02. The van der Waals surface area contributed by atoms with Crippen molar-refractivity contribution in [1.82, 2.24) is 5.48 Å². The van der Waals surface area contributed by atoms with Crippen molar-refractivity contribution in [3.63, 3.8) is 0 Å². The Morgan fingerprint density at radius 1 is 1.60 bits per heavy atom. The molecule has 0 aromatic rings. The summed E-state index contributed by atoms with van der Waals surface area (Å²) in [4.78, 5) is 20.5. The Balaban J connectivity index is 3.35. The first kappa shape index (κ1) is 8.90. The molecule has 0 unspecified atom stereocenters. The van der Waals surface area contributed by atoms with Crippen LogP contribution in [0.4, 0.5) is 4.79 Å². The van der Waals surface area contributed by atoms with Crippen LogP contribution in [0.1, 0.15) is 13.3 Å². The maximum Gasteiger partial charge on any atom is 0.431 e. The minimum Gasteiger partial charge on any atom is -0.440 e. The summed E-state index contributed by atoms with van der Waals surface area (Å²) in [5.74, 6) is -0.191. The molecule has 5 heteroatoms. The third-order valence-corrected chi connectivity index (χ3v) is 0.850. The van der Waals surface area contributed by atoms with Crippen molar-refractivity contribution in [1.29, 1.82) is 0 Å². The van der Waals surface area contributed by atoms with Crippen molar-refractivity contribution >= 4 is 11.9 Å². The summed E-state index contributed by atoms with van der Waals surface area (Å²) < 4.78 is 4.19. The Labute approximate surface area is 57.9 Å². The summed E-state index contributed by atoms with van der Waals surface area (Å²) in [6.45, 7) is 1.37. The van der Waals surface area contributed by atoms with E-state index in [0.29, 0.717) is 6.42 Å². The summed E-state index contributed by atoms with van der Waals surface area (Å²) in [5.41, 5.74) is 1.23. The topological polar surface area (TPSA) is 75.6 Å². The number of carbonyl (C=O) groups is 2. The van der Waals surface area contributed by atoms with Crippen LogP contribution < -0.4 is 5.48 Å². The Morgan fingerprint density at radius 2 is 2.20 bits per heavy atom. The Kier molecular flexibility index (Phi) is 4.23. The average Bonchev–Trinajstić information content (AvgIpc) is 1.99. The lowest BCUT2D eigenvalue weighted by molar-refractivity contribution is -0.121. The molecule has 0 heterocycles. The summed E-state index contributed by atoms with van der Waals surface area (Å²) >= 11 is 0. The van der Waals surface area contributed by atoms with Crippen LogP contribution in [0.3, 0.4) is 0 Å². The molecule has 0 aliphatic rings. The predicted octanol–water partition coefficient (Wildman–Crippen LogP) is 0.0809. The third kappa shape index (κ3) is 3.85. The van der Waals surface area contributed by atoms with Crippen LogP contribution in [0.25, 0.3) is 0 Å². The molecule has 0 aromatic carbocycles. The maximum absolute atomic E-state index is 10.4. The Hall–Kier alpha value is -1.10. The summed E-state index contributed by atoms with van der Waals surface area (Å²) in [6, 6.07) is 0. The minimum absolute atomic E-state index is 0.191. The van der Waals surface area contributed by atoms with Crippen molar-refractivity contribution in [2.75, 3.05) is 6.61 Å². The molecule has 0 aliphatic carbocycles. The van der Waals surface area contributed by atoms with Gasteiger partial charge in [0.1, 0.15) is 0 Å². The number of hydroxylamine groups is 1. The Morgan fingerprint density at radius 3 is 2.60 bits per heavy atom. The monoisotopic (exact) mass is 147 g/mol. The van der Waals surface area contributed by atoms with Gasteiger partial charge in [-0.15, -0.1) is 0 Å². The molecule has 58 valence electrons.